The summed E-state index contributed by atoms with van der Waals surface area (Å²) in [7, 11) is 0. The minimum absolute atomic E-state index is 0.430. The first-order chi connectivity index (χ1) is 11.3. The molecule has 0 aromatic heterocycles. The molecule has 2 aromatic carbocycles. The summed E-state index contributed by atoms with van der Waals surface area (Å²) in [6, 6.07) is 20.0. The number of nitrogens with one attached hydrogen (secondary N) is 1. The third kappa shape index (κ3) is 3.81. The molecule has 0 aliphatic heterocycles. The monoisotopic (exact) mass is 304 g/mol. The molecule has 1 aliphatic carbocycles. The quantitative estimate of drug-likeness (QED) is 0.905. The van der Waals surface area contributed by atoms with Gasteiger partial charge in [-0.2, -0.15) is 5.26 Å². The van der Waals surface area contributed by atoms with Crippen molar-refractivity contribution < 1.29 is 0 Å². The Morgan fingerprint density at radius 1 is 1.13 bits per heavy atom. The van der Waals surface area contributed by atoms with Crippen molar-refractivity contribution in [2.45, 2.75) is 51.1 Å². The summed E-state index contributed by atoms with van der Waals surface area (Å²) in [4.78, 5) is 0. The van der Waals surface area contributed by atoms with Crippen LogP contribution in [0, 0.1) is 11.3 Å². The van der Waals surface area contributed by atoms with Crippen LogP contribution < -0.4 is 5.32 Å². The van der Waals surface area contributed by atoms with E-state index in [0.29, 0.717) is 12.1 Å². The second-order valence-corrected chi connectivity index (χ2v) is 6.45. The Morgan fingerprint density at radius 2 is 1.87 bits per heavy atom. The van der Waals surface area contributed by atoms with E-state index >= 15 is 0 Å². The maximum atomic E-state index is 9.26. The van der Waals surface area contributed by atoms with Gasteiger partial charge in [0.15, 0.2) is 0 Å². The molecule has 2 atom stereocenters. The highest BCUT2D eigenvalue weighted by Gasteiger charge is 2.21. The van der Waals surface area contributed by atoms with Crippen molar-refractivity contribution in [1.82, 2.24) is 5.32 Å². The van der Waals surface area contributed by atoms with Crippen LogP contribution in [0.3, 0.4) is 0 Å². The number of rotatable bonds is 5. The van der Waals surface area contributed by atoms with Crippen LogP contribution in [0.5, 0.6) is 0 Å². The van der Waals surface area contributed by atoms with E-state index in [-0.39, 0.29) is 0 Å². The SMILES string of the molecule is CCC(Cc1ccccc1C#N)NC1CCc2ccccc2C1. The normalized spacial score (nSPS) is 18.0. The van der Waals surface area contributed by atoms with Crippen LogP contribution in [0.1, 0.15) is 42.0 Å². The Balaban J connectivity index is 1.65. The Labute approximate surface area is 139 Å². The van der Waals surface area contributed by atoms with Crippen molar-refractivity contribution in [3.63, 3.8) is 0 Å². The third-order valence-electron chi connectivity index (χ3n) is 4.92. The number of hydrogen-bond acceptors (Lipinski definition) is 2. The standard InChI is InChI=1S/C21H24N2/c1-2-20(13-18-9-5-6-10-19(18)15-22)23-21-12-11-16-7-3-4-8-17(16)14-21/h3-10,20-21,23H,2,11-14H2,1H3. The maximum absolute atomic E-state index is 9.26. The largest absolute Gasteiger partial charge is 0.311 e. The van der Waals surface area contributed by atoms with E-state index in [2.05, 4.69) is 48.6 Å². The van der Waals surface area contributed by atoms with Crippen LogP contribution in [0.15, 0.2) is 48.5 Å². The van der Waals surface area contributed by atoms with Crippen LogP contribution in [0.25, 0.3) is 0 Å². The van der Waals surface area contributed by atoms with Gasteiger partial charge < -0.3 is 5.32 Å². The molecule has 118 valence electrons. The van der Waals surface area contributed by atoms with Gasteiger partial charge in [0.25, 0.3) is 0 Å². The summed E-state index contributed by atoms with van der Waals surface area (Å²) in [5.74, 6) is 0. The van der Waals surface area contributed by atoms with Gasteiger partial charge in [-0.1, -0.05) is 49.4 Å². The number of nitriles is 1. The maximum Gasteiger partial charge on any atom is 0.0994 e. The fourth-order valence-electron chi connectivity index (χ4n) is 3.57. The zero-order chi connectivity index (χ0) is 16.1. The average Bonchev–Trinajstić information content (AvgIpc) is 2.61. The van der Waals surface area contributed by atoms with Crippen LogP contribution in [-0.4, -0.2) is 12.1 Å². The van der Waals surface area contributed by atoms with Gasteiger partial charge in [-0.25, -0.2) is 0 Å². The van der Waals surface area contributed by atoms with Gasteiger partial charge in [0.2, 0.25) is 0 Å². The molecule has 1 aliphatic rings. The van der Waals surface area contributed by atoms with Crippen LogP contribution in [0.4, 0.5) is 0 Å². The lowest BCUT2D eigenvalue weighted by atomic mass is 9.87. The van der Waals surface area contributed by atoms with Crippen molar-refractivity contribution in [1.29, 1.82) is 5.26 Å². The van der Waals surface area contributed by atoms with Gasteiger partial charge in [0.05, 0.1) is 11.6 Å². The van der Waals surface area contributed by atoms with E-state index in [9.17, 15) is 5.26 Å². The van der Waals surface area contributed by atoms with E-state index in [4.69, 9.17) is 0 Å². The number of aryl methyl sites for hydroxylation is 1. The molecule has 2 nitrogen and oxygen atoms in total. The minimum atomic E-state index is 0.430. The molecule has 0 saturated heterocycles. The molecular formula is C21H24N2. The van der Waals surface area contributed by atoms with Crippen LogP contribution in [0.2, 0.25) is 0 Å². The van der Waals surface area contributed by atoms with Gasteiger partial charge >= 0.3 is 0 Å². The van der Waals surface area contributed by atoms with Crippen molar-refractivity contribution in [3.8, 4) is 6.07 Å². The predicted octanol–water partition coefficient (Wildman–Crippen LogP) is 4.03. The van der Waals surface area contributed by atoms with Crippen molar-refractivity contribution in [3.05, 3.63) is 70.8 Å². The molecule has 0 radical (unpaired) electrons. The summed E-state index contributed by atoms with van der Waals surface area (Å²) >= 11 is 0. The van der Waals surface area contributed by atoms with Gasteiger partial charge in [-0.3, -0.25) is 0 Å². The van der Waals surface area contributed by atoms with Crippen LogP contribution >= 0.6 is 0 Å². The fraction of sp³-hybridized carbons (Fsp3) is 0.381. The summed E-state index contributed by atoms with van der Waals surface area (Å²) in [6.07, 6.45) is 5.50. The highest BCUT2D eigenvalue weighted by Crippen LogP contribution is 2.22. The molecule has 0 bridgehead atoms. The van der Waals surface area contributed by atoms with E-state index in [1.807, 2.05) is 18.2 Å². The molecule has 23 heavy (non-hydrogen) atoms. The molecule has 0 saturated carbocycles. The number of hydrogen-bond donors (Lipinski definition) is 1. The lowest BCUT2D eigenvalue weighted by Gasteiger charge is -2.29. The summed E-state index contributed by atoms with van der Waals surface area (Å²) in [5.41, 5.74) is 4.96. The lowest BCUT2D eigenvalue weighted by Crippen LogP contribution is -2.42. The second-order valence-electron chi connectivity index (χ2n) is 6.45. The number of benzene rings is 2. The highest BCUT2D eigenvalue weighted by atomic mass is 14.9. The zero-order valence-corrected chi connectivity index (χ0v) is 13.8. The van der Waals surface area contributed by atoms with Gasteiger partial charge in [0.1, 0.15) is 0 Å². The Hall–Kier alpha value is -2.11. The van der Waals surface area contributed by atoms with E-state index in [1.165, 1.54) is 24.0 Å². The minimum Gasteiger partial charge on any atom is -0.311 e. The topological polar surface area (TPSA) is 35.8 Å². The Bertz CT molecular complexity index is 699. The predicted molar refractivity (Wildman–Crippen MR) is 94.3 cm³/mol. The van der Waals surface area contributed by atoms with Crippen molar-refractivity contribution in [2.75, 3.05) is 0 Å². The average molecular weight is 304 g/mol. The fourth-order valence-corrected chi connectivity index (χ4v) is 3.57. The van der Waals surface area contributed by atoms with Gasteiger partial charge in [-0.05, 0) is 54.9 Å². The number of nitrogens with zero attached hydrogens (tertiary/aromatic N) is 1. The molecule has 3 rings (SSSR count). The van der Waals surface area contributed by atoms with E-state index < -0.39 is 0 Å². The Morgan fingerprint density at radius 3 is 2.65 bits per heavy atom. The van der Waals surface area contributed by atoms with Crippen LogP contribution in [-0.2, 0) is 19.3 Å². The smallest absolute Gasteiger partial charge is 0.0994 e. The molecule has 2 unspecified atom stereocenters. The molecular weight excluding hydrogens is 280 g/mol. The first kappa shape index (κ1) is 15.8. The van der Waals surface area contributed by atoms with Crippen molar-refractivity contribution in [2.24, 2.45) is 0 Å². The number of fused-ring (bicyclic) bond motifs is 1. The highest BCUT2D eigenvalue weighted by molar-refractivity contribution is 5.38. The first-order valence-electron chi connectivity index (χ1n) is 8.61. The summed E-state index contributed by atoms with van der Waals surface area (Å²) in [5, 5.41) is 13.1. The molecule has 0 spiro atoms. The first-order valence-corrected chi connectivity index (χ1v) is 8.61. The van der Waals surface area contributed by atoms with Gasteiger partial charge in [-0.15, -0.1) is 0 Å². The van der Waals surface area contributed by atoms with Gasteiger partial charge in [0, 0.05) is 12.1 Å². The molecule has 0 heterocycles. The van der Waals surface area contributed by atoms with E-state index in [0.717, 1.165) is 30.4 Å². The van der Waals surface area contributed by atoms with Crippen molar-refractivity contribution >= 4 is 0 Å². The summed E-state index contributed by atoms with van der Waals surface area (Å²) in [6.45, 7) is 2.23. The lowest BCUT2D eigenvalue weighted by molar-refractivity contribution is 0.383. The zero-order valence-electron chi connectivity index (χ0n) is 13.8. The van der Waals surface area contributed by atoms with E-state index in [1.54, 1.807) is 0 Å². The molecule has 2 heteroatoms. The molecule has 2 aromatic rings. The summed E-state index contributed by atoms with van der Waals surface area (Å²) < 4.78 is 0. The third-order valence-corrected chi connectivity index (χ3v) is 4.92. The molecule has 0 fully saturated rings. The molecule has 0 amide bonds. The Kier molecular flexibility index (Phi) is 5.10. The second kappa shape index (κ2) is 7.44. The molecule has 1 N–H and O–H groups in total.